The van der Waals surface area contributed by atoms with Crippen molar-refractivity contribution in [3.63, 3.8) is 0 Å². The third-order valence-electron chi connectivity index (χ3n) is 5.78. The Morgan fingerprint density at radius 3 is 2.42 bits per heavy atom. The molecule has 1 amide bonds. The zero-order valence-electron chi connectivity index (χ0n) is 17.9. The number of benzene rings is 3. The van der Waals surface area contributed by atoms with Crippen LogP contribution >= 0.6 is 11.8 Å². The SMILES string of the molecule is COc1ccc(C2SC(CC(=O)O)C(=O)N2c2c(-c3ccccc3)[nH]c3ccccc23)cc1. The minimum Gasteiger partial charge on any atom is -0.497 e. The molecule has 2 N–H and O–H groups in total. The highest BCUT2D eigenvalue weighted by atomic mass is 32.2. The van der Waals surface area contributed by atoms with Crippen LogP contribution in [0.5, 0.6) is 5.75 Å². The van der Waals surface area contributed by atoms with Crippen LogP contribution in [0.3, 0.4) is 0 Å². The number of nitrogens with zero attached hydrogens (tertiary/aromatic N) is 1. The number of aromatic nitrogens is 1. The van der Waals surface area contributed by atoms with E-state index in [1.807, 2.05) is 78.9 Å². The van der Waals surface area contributed by atoms with Gasteiger partial charge in [0, 0.05) is 16.5 Å². The second kappa shape index (κ2) is 8.67. The lowest BCUT2D eigenvalue weighted by molar-refractivity contribution is -0.138. The van der Waals surface area contributed by atoms with Crippen LogP contribution in [-0.4, -0.2) is 34.3 Å². The van der Waals surface area contributed by atoms with Gasteiger partial charge in [0.25, 0.3) is 0 Å². The highest BCUT2D eigenvalue weighted by Gasteiger charge is 2.44. The van der Waals surface area contributed by atoms with Gasteiger partial charge in [-0.15, -0.1) is 11.8 Å². The second-order valence-electron chi connectivity index (χ2n) is 7.82. The molecule has 0 spiro atoms. The molecular formula is C26H22N2O4S. The summed E-state index contributed by atoms with van der Waals surface area (Å²) in [6.07, 6.45) is -0.227. The van der Waals surface area contributed by atoms with Crippen LogP contribution < -0.4 is 9.64 Å². The Labute approximate surface area is 195 Å². The Morgan fingerprint density at radius 2 is 1.73 bits per heavy atom. The number of carbonyl (C=O) groups is 2. The number of hydrogen-bond acceptors (Lipinski definition) is 4. The predicted octanol–water partition coefficient (Wildman–Crippen LogP) is 5.47. The number of carbonyl (C=O) groups excluding carboxylic acids is 1. The standard InChI is InChI=1S/C26H22N2O4S/c1-32-18-13-11-17(12-14-18)26-28(25(31)21(33-26)15-22(29)30)24-19-9-5-6-10-20(19)27-23(24)16-7-3-2-4-8-16/h2-14,21,26-27H,15H2,1H3,(H,29,30). The summed E-state index contributed by atoms with van der Waals surface area (Å²) in [6.45, 7) is 0. The number of methoxy groups -OCH3 is 1. The van der Waals surface area contributed by atoms with Gasteiger partial charge in [0.05, 0.1) is 30.2 Å². The van der Waals surface area contributed by atoms with Crippen molar-refractivity contribution in [2.24, 2.45) is 0 Å². The van der Waals surface area contributed by atoms with E-state index >= 15 is 0 Å². The van der Waals surface area contributed by atoms with Gasteiger partial charge < -0.3 is 14.8 Å². The average molecular weight is 459 g/mol. The zero-order valence-corrected chi connectivity index (χ0v) is 18.7. The van der Waals surface area contributed by atoms with Gasteiger partial charge in [-0.25, -0.2) is 0 Å². The molecule has 2 heterocycles. The van der Waals surface area contributed by atoms with Crippen LogP contribution in [0.25, 0.3) is 22.2 Å². The molecule has 7 heteroatoms. The van der Waals surface area contributed by atoms with Crippen molar-refractivity contribution in [1.29, 1.82) is 0 Å². The molecule has 2 atom stereocenters. The maximum atomic E-state index is 13.7. The first-order chi connectivity index (χ1) is 16.1. The van der Waals surface area contributed by atoms with Crippen molar-refractivity contribution in [2.75, 3.05) is 12.0 Å². The summed E-state index contributed by atoms with van der Waals surface area (Å²) in [5.41, 5.74) is 4.38. The molecule has 1 fully saturated rings. The number of para-hydroxylation sites is 1. The topological polar surface area (TPSA) is 82.6 Å². The van der Waals surface area contributed by atoms with Crippen LogP contribution in [0.2, 0.25) is 0 Å². The van der Waals surface area contributed by atoms with Gasteiger partial charge in [-0.1, -0.05) is 60.7 Å². The minimum atomic E-state index is -0.988. The Morgan fingerprint density at radius 1 is 1.03 bits per heavy atom. The maximum Gasteiger partial charge on any atom is 0.305 e. The van der Waals surface area contributed by atoms with E-state index in [0.717, 1.165) is 39.2 Å². The molecule has 0 saturated carbocycles. The van der Waals surface area contributed by atoms with Gasteiger partial charge >= 0.3 is 5.97 Å². The molecule has 4 aromatic rings. The number of aliphatic carboxylic acids is 1. The van der Waals surface area contributed by atoms with Crippen molar-refractivity contribution >= 4 is 40.2 Å². The second-order valence-corrected chi connectivity index (χ2v) is 9.10. The van der Waals surface area contributed by atoms with Gasteiger partial charge in [-0.2, -0.15) is 0 Å². The van der Waals surface area contributed by atoms with Crippen LogP contribution in [0, 0.1) is 0 Å². The predicted molar refractivity (Wildman–Crippen MR) is 131 cm³/mol. The number of nitrogens with one attached hydrogen (secondary N) is 1. The van der Waals surface area contributed by atoms with E-state index in [0.29, 0.717) is 0 Å². The lowest BCUT2D eigenvalue weighted by Gasteiger charge is -2.25. The lowest BCUT2D eigenvalue weighted by atomic mass is 10.1. The molecule has 1 saturated heterocycles. The van der Waals surface area contributed by atoms with Gasteiger partial charge in [0.2, 0.25) is 5.91 Å². The molecule has 1 aliphatic rings. The molecule has 1 aromatic heterocycles. The maximum absolute atomic E-state index is 13.7. The number of rotatable bonds is 6. The van der Waals surface area contributed by atoms with Gasteiger partial charge in [-0.05, 0) is 23.8 Å². The number of H-pyrrole nitrogens is 1. The smallest absolute Gasteiger partial charge is 0.305 e. The molecule has 2 unspecified atom stereocenters. The molecule has 33 heavy (non-hydrogen) atoms. The van der Waals surface area contributed by atoms with Crippen LogP contribution in [0.15, 0.2) is 78.9 Å². The summed E-state index contributed by atoms with van der Waals surface area (Å²) >= 11 is 1.37. The van der Waals surface area contributed by atoms with Gasteiger partial charge in [-0.3, -0.25) is 14.5 Å². The fourth-order valence-corrected chi connectivity index (χ4v) is 5.68. The van der Waals surface area contributed by atoms with Crippen LogP contribution in [0.4, 0.5) is 5.69 Å². The Balaban J connectivity index is 1.70. The summed E-state index contributed by atoms with van der Waals surface area (Å²) in [4.78, 5) is 30.4. The lowest BCUT2D eigenvalue weighted by Crippen LogP contribution is -2.32. The molecular weight excluding hydrogens is 436 g/mol. The highest BCUT2D eigenvalue weighted by Crippen LogP contribution is 2.51. The first-order valence-corrected chi connectivity index (χ1v) is 11.5. The number of hydrogen-bond donors (Lipinski definition) is 2. The number of carboxylic acids is 1. The fourth-order valence-electron chi connectivity index (χ4n) is 4.25. The normalized spacial score (nSPS) is 18.1. The molecule has 3 aromatic carbocycles. The van der Waals surface area contributed by atoms with E-state index in [4.69, 9.17) is 4.74 Å². The van der Waals surface area contributed by atoms with Crippen molar-refractivity contribution < 1.29 is 19.4 Å². The third kappa shape index (κ3) is 3.85. The first-order valence-electron chi connectivity index (χ1n) is 10.6. The fraction of sp³-hybridized carbons (Fsp3) is 0.154. The van der Waals surface area contributed by atoms with E-state index in [9.17, 15) is 14.7 Å². The molecule has 166 valence electrons. The number of ether oxygens (including phenoxy) is 1. The summed E-state index contributed by atoms with van der Waals surface area (Å²) in [7, 11) is 1.61. The summed E-state index contributed by atoms with van der Waals surface area (Å²) in [5, 5.41) is 9.31. The van der Waals surface area contributed by atoms with Gasteiger partial charge in [0.1, 0.15) is 11.1 Å². The third-order valence-corrected chi connectivity index (χ3v) is 7.22. The summed E-state index contributed by atoms with van der Waals surface area (Å²) in [6, 6.07) is 25.3. The van der Waals surface area contributed by atoms with Crippen LogP contribution in [-0.2, 0) is 9.59 Å². The summed E-state index contributed by atoms with van der Waals surface area (Å²) < 4.78 is 5.29. The van der Waals surface area contributed by atoms with Crippen LogP contribution in [0.1, 0.15) is 17.4 Å². The van der Waals surface area contributed by atoms with E-state index in [2.05, 4.69) is 4.98 Å². The Kier molecular flexibility index (Phi) is 5.56. The first kappa shape index (κ1) is 21.2. The van der Waals surface area contributed by atoms with E-state index < -0.39 is 11.2 Å². The monoisotopic (exact) mass is 458 g/mol. The Hall–Kier alpha value is -3.71. The number of carboxylic acid groups (broad SMARTS) is 1. The molecule has 6 nitrogen and oxygen atoms in total. The zero-order chi connectivity index (χ0) is 22.9. The highest BCUT2D eigenvalue weighted by molar-refractivity contribution is 8.01. The Bertz CT molecular complexity index is 1320. The number of aromatic amines is 1. The van der Waals surface area contributed by atoms with Crippen molar-refractivity contribution in [3.8, 4) is 17.0 Å². The molecule has 0 aliphatic carbocycles. The molecule has 5 rings (SSSR count). The molecule has 0 radical (unpaired) electrons. The van der Waals surface area contributed by atoms with Crippen molar-refractivity contribution in [3.05, 3.63) is 84.4 Å². The largest absolute Gasteiger partial charge is 0.497 e. The number of fused-ring (bicyclic) bond motifs is 1. The molecule has 1 aliphatic heterocycles. The van der Waals surface area contributed by atoms with Gasteiger partial charge in [0.15, 0.2) is 0 Å². The quantitative estimate of drug-likeness (QED) is 0.401. The van der Waals surface area contributed by atoms with E-state index in [-0.39, 0.29) is 17.7 Å². The number of anilines is 1. The van der Waals surface area contributed by atoms with E-state index in [1.165, 1.54) is 11.8 Å². The number of thioether (sulfide) groups is 1. The van der Waals surface area contributed by atoms with Crippen molar-refractivity contribution in [1.82, 2.24) is 4.98 Å². The minimum absolute atomic E-state index is 0.204. The summed E-state index contributed by atoms with van der Waals surface area (Å²) in [5.74, 6) is -0.470. The van der Waals surface area contributed by atoms with E-state index in [1.54, 1.807) is 12.0 Å². The number of amides is 1. The molecule has 0 bridgehead atoms. The average Bonchev–Trinajstić information content (AvgIpc) is 3.37. The van der Waals surface area contributed by atoms with Crippen molar-refractivity contribution in [2.45, 2.75) is 17.0 Å².